The van der Waals surface area contributed by atoms with Crippen molar-refractivity contribution in [1.82, 2.24) is 5.32 Å². The molecular formula is C11H15Cl2FN2. The first-order valence-electron chi connectivity index (χ1n) is 5.11. The maximum absolute atomic E-state index is 13.8. The topological polar surface area (TPSA) is 15.3 Å². The van der Waals surface area contributed by atoms with Crippen molar-refractivity contribution in [3.63, 3.8) is 0 Å². The summed E-state index contributed by atoms with van der Waals surface area (Å²) in [5.41, 5.74) is 0.608. The zero-order chi connectivity index (χ0) is 10.8. The van der Waals surface area contributed by atoms with Gasteiger partial charge in [-0.2, -0.15) is 0 Å². The predicted molar refractivity (Wildman–Crippen MR) is 68.3 cm³/mol. The first-order valence-corrected chi connectivity index (χ1v) is 5.49. The van der Waals surface area contributed by atoms with E-state index in [0.29, 0.717) is 11.7 Å². The Morgan fingerprint density at radius 3 is 2.94 bits per heavy atom. The molecule has 2 nitrogen and oxygen atoms in total. The Kier molecular flexibility index (Phi) is 4.84. The molecule has 16 heavy (non-hydrogen) atoms. The van der Waals surface area contributed by atoms with Gasteiger partial charge in [0.05, 0.1) is 10.7 Å². The van der Waals surface area contributed by atoms with Crippen LogP contribution in [0.15, 0.2) is 18.2 Å². The minimum atomic E-state index is -0.312. The molecule has 1 heterocycles. The first-order chi connectivity index (χ1) is 7.20. The molecule has 0 aromatic heterocycles. The number of piperazine rings is 1. The van der Waals surface area contributed by atoms with Gasteiger partial charge in [0, 0.05) is 25.7 Å². The van der Waals surface area contributed by atoms with Gasteiger partial charge in [0.1, 0.15) is 0 Å². The summed E-state index contributed by atoms with van der Waals surface area (Å²) in [4.78, 5) is 2.05. The fraction of sp³-hybridized carbons (Fsp3) is 0.455. The van der Waals surface area contributed by atoms with E-state index in [0.717, 1.165) is 19.6 Å². The summed E-state index contributed by atoms with van der Waals surface area (Å²) in [6, 6.07) is 5.44. The van der Waals surface area contributed by atoms with Gasteiger partial charge in [0.15, 0.2) is 5.82 Å². The van der Waals surface area contributed by atoms with Gasteiger partial charge in [-0.3, -0.25) is 0 Å². The SMILES string of the molecule is C[C@@H]1CNCCN1c1cccc(Cl)c1F.Cl. The average molecular weight is 265 g/mol. The van der Waals surface area contributed by atoms with Gasteiger partial charge in [-0.25, -0.2) is 4.39 Å². The van der Waals surface area contributed by atoms with Crippen molar-refractivity contribution < 1.29 is 4.39 Å². The van der Waals surface area contributed by atoms with Crippen molar-refractivity contribution in [2.75, 3.05) is 24.5 Å². The van der Waals surface area contributed by atoms with Crippen LogP contribution in [0.1, 0.15) is 6.92 Å². The largest absolute Gasteiger partial charge is 0.364 e. The van der Waals surface area contributed by atoms with E-state index in [4.69, 9.17) is 11.6 Å². The standard InChI is InChI=1S/C11H14ClFN2.ClH/c1-8-7-14-5-6-15(8)10-4-2-3-9(12)11(10)13;/h2-4,8,14H,5-7H2,1H3;1H/t8-;/m1./s1. The first kappa shape index (κ1) is 13.6. The van der Waals surface area contributed by atoms with Crippen LogP contribution in [0.4, 0.5) is 10.1 Å². The lowest BCUT2D eigenvalue weighted by molar-refractivity contribution is 0.491. The van der Waals surface area contributed by atoms with Crippen LogP contribution in [0.25, 0.3) is 0 Å². The average Bonchev–Trinajstić information content (AvgIpc) is 2.23. The Balaban J connectivity index is 0.00000128. The van der Waals surface area contributed by atoms with E-state index in [2.05, 4.69) is 17.1 Å². The molecule has 0 unspecified atom stereocenters. The highest BCUT2D eigenvalue weighted by molar-refractivity contribution is 6.31. The van der Waals surface area contributed by atoms with Gasteiger partial charge in [-0.1, -0.05) is 17.7 Å². The van der Waals surface area contributed by atoms with Gasteiger partial charge < -0.3 is 10.2 Å². The maximum Gasteiger partial charge on any atom is 0.165 e. The lowest BCUT2D eigenvalue weighted by Crippen LogP contribution is -2.50. The van der Waals surface area contributed by atoms with Crippen LogP contribution in [0.3, 0.4) is 0 Å². The number of halogens is 3. The van der Waals surface area contributed by atoms with Gasteiger partial charge in [0.2, 0.25) is 0 Å². The van der Waals surface area contributed by atoms with Crippen LogP contribution in [0, 0.1) is 5.82 Å². The summed E-state index contributed by atoms with van der Waals surface area (Å²) in [6.07, 6.45) is 0. The zero-order valence-corrected chi connectivity index (χ0v) is 10.6. The Morgan fingerprint density at radius 2 is 2.25 bits per heavy atom. The molecule has 1 N–H and O–H groups in total. The molecule has 0 bridgehead atoms. The number of nitrogens with one attached hydrogen (secondary N) is 1. The van der Waals surface area contributed by atoms with Crippen molar-refractivity contribution in [2.45, 2.75) is 13.0 Å². The number of hydrogen-bond acceptors (Lipinski definition) is 2. The number of benzene rings is 1. The van der Waals surface area contributed by atoms with E-state index < -0.39 is 0 Å². The van der Waals surface area contributed by atoms with Crippen LogP contribution in [-0.2, 0) is 0 Å². The quantitative estimate of drug-likeness (QED) is 0.839. The third-order valence-corrected chi connectivity index (χ3v) is 3.03. The molecule has 1 aliphatic heterocycles. The van der Waals surface area contributed by atoms with Crippen molar-refractivity contribution in [3.05, 3.63) is 29.0 Å². The number of anilines is 1. The number of nitrogens with zero attached hydrogens (tertiary/aromatic N) is 1. The zero-order valence-electron chi connectivity index (χ0n) is 9.04. The van der Waals surface area contributed by atoms with E-state index in [1.807, 2.05) is 0 Å². The van der Waals surface area contributed by atoms with E-state index in [-0.39, 0.29) is 23.2 Å². The van der Waals surface area contributed by atoms with E-state index >= 15 is 0 Å². The summed E-state index contributed by atoms with van der Waals surface area (Å²) in [5.74, 6) is -0.312. The van der Waals surface area contributed by atoms with Gasteiger partial charge in [-0.15, -0.1) is 12.4 Å². The number of hydrogen-bond donors (Lipinski definition) is 1. The normalized spacial score (nSPS) is 20.4. The summed E-state index contributed by atoms with van der Waals surface area (Å²) in [6.45, 7) is 4.66. The molecule has 0 spiro atoms. The molecule has 1 aromatic rings. The van der Waals surface area contributed by atoms with E-state index in [1.54, 1.807) is 18.2 Å². The van der Waals surface area contributed by atoms with Crippen LogP contribution in [0.5, 0.6) is 0 Å². The molecule has 2 rings (SSSR count). The fourth-order valence-electron chi connectivity index (χ4n) is 1.91. The summed E-state index contributed by atoms with van der Waals surface area (Å²) >= 11 is 5.76. The molecular weight excluding hydrogens is 250 g/mol. The Morgan fingerprint density at radius 1 is 1.50 bits per heavy atom. The highest BCUT2D eigenvalue weighted by atomic mass is 35.5. The molecule has 1 aliphatic rings. The number of rotatable bonds is 1. The second-order valence-corrected chi connectivity index (χ2v) is 4.23. The molecule has 1 atom stereocenters. The van der Waals surface area contributed by atoms with E-state index in [1.165, 1.54) is 0 Å². The molecule has 1 fully saturated rings. The Labute approximate surface area is 106 Å². The van der Waals surface area contributed by atoms with Gasteiger partial charge in [-0.05, 0) is 19.1 Å². The summed E-state index contributed by atoms with van der Waals surface area (Å²) < 4.78 is 13.8. The predicted octanol–water partition coefficient (Wildman–Crippen LogP) is 2.70. The van der Waals surface area contributed by atoms with Crippen molar-refractivity contribution in [1.29, 1.82) is 0 Å². The monoisotopic (exact) mass is 264 g/mol. The van der Waals surface area contributed by atoms with Crippen LogP contribution >= 0.6 is 24.0 Å². The fourth-order valence-corrected chi connectivity index (χ4v) is 2.08. The summed E-state index contributed by atoms with van der Waals surface area (Å²) in [5, 5.41) is 3.46. The molecule has 0 saturated carbocycles. The van der Waals surface area contributed by atoms with Gasteiger partial charge in [0.25, 0.3) is 0 Å². The Hall–Kier alpha value is -0.510. The highest BCUT2D eigenvalue weighted by Crippen LogP contribution is 2.27. The lowest BCUT2D eigenvalue weighted by atomic mass is 10.1. The molecule has 0 amide bonds. The molecule has 1 saturated heterocycles. The maximum atomic E-state index is 13.8. The molecule has 90 valence electrons. The second-order valence-electron chi connectivity index (χ2n) is 3.82. The smallest absolute Gasteiger partial charge is 0.165 e. The second kappa shape index (κ2) is 5.71. The van der Waals surface area contributed by atoms with Crippen molar-refractivity contribution >= 4 is 29.7 Å². The third-order valence-electron chi connectivity index (χ3n) is 2.74. The van der Waals surface area contributed by atoms with Crippen molar-refractivity contribution in [2.24, 2.45) is 0 Å². The minimum Gasteiger partial charge on any atom is -0.364 e. The Bertz CT molecular complexity index is 360. The highest BCUT2D eigenvalue weighted by Gasteiger charge is 2.21. The van der Waals surface area contributed by atoms with Crippen LogP contribution in [0.2, 0.25) is 5.02 Å². The summed E-state index contributed by atoms with van der Waals surface area (Å²) in [7, 11) is 0. The van der Waals surface area contributed by atoms with Crippen LogP contribution in [-0.4, -0.2) is 25.7 Å². The molecule has 0 aliphatic carbocycles. The minimum absolute atomic E-state index is 0. The molecule has 5 heteroatoms. The van der Waals surface area contributed by atoms with Crippen LogP contribution < -0.4 is 10.2 Å². The lowest BCUT2D eigenvalue weighted by Gasteiger charge is -2.36. The van der Waals surface area contributed by atoms with E-state index in [9.17, 15) is 4.39 Å². The molecule has 0 radical (unpaired) electrons. The third kappa shape index (κ3) is 2.59. The van der Waals surface area contributed by atoms with Gasteiger partial charge >= 0.3 is 0 Å². The van der Waals surface area contributed by atoms with Crippen molar-refractivity contribution in [3.8, 4) is 0 Å². The molecule has 1 aromatic carbocycles.